The van der Waals surface area contributed by atoms with Crippen molar-refractivity contribution in [3.05, 3.63) is 54.1 Å². The highest BCUT2D eigenvalue weighted by molar-refractivity contribution is 7.89. The van der Waals surface area contributed by atoms with Gasteiger partial charge in [-0.15, -0.1) is 0 Å². The standard InChI is InChI=1S/C27H35N5O7S/c1-30-12-14-31(15-13-30)40(37,38)24-8-6-22(7-9-24)21-4-2-20(3-5-21)18-23(19-33)32(28)25(34)27(29-26(35)36)10-16-39-17-11-27/h2-9,19,23,29H,10-18,28H2,1H3,(H,35,36). The number of nitrogens with one attached hydrogen (secondary N) is 1. The molecule has 2 fully saturated rings. The summed E-state index contributed by atoms with van der Waals surface area (Å²) in [5.74, 6) is 5.38. The van der Waals surface area contributed by atoms with E-state index in [1.165, 1.54) is 4.31 Å². The van der Waals surface area contributed by atoms with Gasteiger partial charge in [-0.1, -0.05) is 36.4 Å². The number of amides is 2. The number of rotatable bonds is 9. The highest BCUT2D eigenvalue weighted by Gasteiger charge is 2.45. The average Bonchev–Trinajstić information content (AvgIpc) is 2.96. The second kappa shape index (κ2) is 12.4. The Labute approximate surface area is 233 Å². The number of aldehydes is 1. The van der Waals surface area contributed by atoms with E-state index in [0.29, 0.717) is 32.5 Å². The summed E-state index contributed by atoms with van der Waals surface area (Å²) < 4.78 is 32.8. The van der Waals surface area contributed by atoms with Gasteiger partial charge in [0.05, 0.1) is 4.90 Å². The van der Waals surface area contributed by atoms with Crippen LogP contribution < -0.4 is 11.2 Å². The summed E-state index contributed by atoms with van der Waals surface area (Å²) in [5, 5.41) is 12.4. The zero-order chi connectivity index (χ0) is 28.9. The Balaban J connectivity index is 1.43. The maximum Gasteiger partial charge on any atom is 0.405 e. The van der Waals surface area contributed by atoms with Crippen LogP contribution in [0.1, 0.15) is 18.4 Å². The summed E-state index contributed by atoms with van der Waals surface area (Å²) >= 11 is 0. The van der Waals surface area contributed by atoms with Gasteiger partial charge in [0.1, 0.15) is 17.9 Å². The largest absolute Gasteiger partial charge is 0.465 e. The SMILES string of the molecule is CN1CCN(S(=O)(=O)c2ccc(-c3ccc(CC(C=O)N(N)C(=O)C4(NC(=O)O)CCOCC4)cc3)cc2)CC1. The monoisotopic (exact) mass is 573 g/mol. The van der Waals surface area contributed by atoms with E-state index in [1.807, 2.05) is 19.2 Å². The molecule has 2 amide bonds. The molecular formula is C27H35N5O7S. The number of hydrogen-bond donors (Lipinski definition) is 3. The van der Waals surface area contributed by atoms with E-state index in [0.717, 1.165) is 21.7 Å². The van der Waals surface area contributed by atoms with Crippen LogP contribution in [0.2, 0.25) is 0 Å². The molecule has 0 radical (unpaired) electrons. The highest BCUT2D eigenvalue weighted by Crippen LogP contribution is 2.26. The van der Waals surface area contributed by atoms with Gasteiger partial charge >= 0.3 is 6.09 Å². The lowest BCUT2D eigenvalue weighted by Crippen LogP contribution is -2.65. The van der Waals surface area contributed by atoms with Crippen LogP contribution in [0.25, 0.3) is 11.1 Å². The van der Waals surface area contributed by atoms with Gasteiger partial charge in [0.15, 0.2) is 0 Å². The lowest BCUT2D eigenvalue weighted by atomic mass is 9.88. The van der Waals surface area contributed by atoms with Crippen molar-refractivity contribution in [2.24, 2.45) is 5.84 Å². The van der Waals surface area contributed by atoms with Gasteiger partial charge in [-0.25, -0.2) is 19.1 Å². The number of carbonyl (C=O) groups excluding carboxylic acids is 2. The molecule has 2 saturated heterocycles. The zero-order valence-electron chi connectivity index (χ0n) is 22.4. The third-order valence-electron chi connectivity index (χ3n) is 7.54. The summed E-state index contributed by atoms with van der Waals surface area (Å²) in [4.78, 5) is 38.8. The van der Waals surface area contributed by atoms with Gasteiger partial charge < -0.3 is 24.9 Å². The van der Waals surface area contributed by atoms with Gasteiger partial charge in [-0.2, -0.15) is 4.31 Å². The predicted octanol–water partition coefficient (Wildman–Crippen LogP) is 0.919. The summed E-state index contributed by atoms with van der Waals surface area (Å²) in [6.45, 7) is 2.69. The molecule has 0 bridgehead atoms. The molecule has 2 aliphatic rings. The third-order valence-corrected chi connectivity index (χ3v) is 9.45. The molecule has 216 valence electrons. The third kappa shape index (κ3) is 6.50. The Hall–Kier alpha value is -3.36. The van der Waals surface area contributed by atoms with E-state index in [-0.39, 0.29) is 37.4 Å². The van der Waals surface area contributed by atoms with Crippen LogP contribution in [0.4, 0.5) is 4.79 Å². The van der Waals surface area contributed by atoms with Crippen LogP contribution >= 0.6 is 0 Å². The molecular weight excluding hydrogens is 538 g/mol. The van der Waals surface area contributed by atoms with Crippen molar-refractivity contribution in [3.63, 3.8) is 0 Å². The van der Waals surface area contributed by atoms with Crippen molar-refractivity contribution in [3.8, 4) is 11.1 Å². The van der Waals surface area contributed by atoms with Crippen molar-refractivity contribution in [2.75, 3.05) is 46.4 Å². The Kier molecular flexibility index (Phi) is 9.21. The molecule has 2 heterocycles. The normalized spacial score (nSPS) is 18.9. The van der Waals surface area contributed by atoms with Crippen LogP contribution in [0.15, 0.2) is 53.4 Å². The van der Waals surface area contributed by atoms with Crippen LogP contribution in [0.5, 0.6) is 0 Å². The molecule has 0 aromatic heterocycles. The van der Waals surface area contributed by atoms with Crippen LogP contribution in [0.3, 0.4) is 0 Å². The molecule has 4 rings (SSSR count). The van der Waals surface area contributed by atoms with Crippen LogP contribution in [0, 0.1) is 0 Å². The summed E-state index contributed by atoms with van der Waals surface area (Å²) in [6, 6.07) is 13.0. The maximum atomic E-state index is 13.2. The number of carboxylic acid groups (broad SMARTS) is 1. The molecule has 0 saturated carbocycles. The summed E-state index contributed by atoms with van der Waals surface area (Å²) in [5.41, 5.74) is 0.967. The number of hydrazine groups is 1. The molecule has 2 aromatic rings. The minimum atomic E-state index is -3.56. The fraction of sp³-hybridized carbons (Fsp3) is 0.444. The Morgan fingerprint density at radius 2 is 1.60 bits per heavy atom. The topological polar surface area (TPSA) is 163 Å². The number of piperazine rings is 1. The smallest absolute Gasteiger partial charge is 0.405 e. The lowest BCUT2D eigenvalue weighted by molar-refractivity contribution is -0.146. The quantitative estimate of drug-likeness (QED) is 0.171. The van der Waals surface area contributed by atoms with Crippen LogP contribution in [-0.2, 0) is 30.8 Å². The Morgan fingerprint density at radius 3 is 2.12 bits per heavy atom. The average molecular weight is 574 g/mol. The van der Waals surface area contributed by atoms with E-state index in [9.17, 15) is 27.9 Å². The van der Waals surface area contributed by atoms with Crippen molar-refractivity contribution >= 4 is 28.3 Å². The molecule has 4 N–H and O–H groups in total. The number of benzene rings is 2. The first-order valence-corrected chi connectivity index (χ1v) is 14.5. The van der Waals surface area contributed by atoms with Crippen LogP contribution in [-0.4, -0.2) is 104 Å². The minimum absolute atomic E-state index is 0.113. The van der Waals surface area contributed by atoms with Gasteiger partial charge in [-0.3, -0.25) is 9.80 Å². The fourth-order valence-electron chi connectivity index (χ4n) is 5.00. The van der Waals surface area contributed by atoms with Crippen molar-refractivity contribution in [1.82, 2.24) is 19.5 Å². The predicted molar refractivity (Wildman–Crippen MR) is 147 cm³/mol. The molecule has 40 heavy (non-hydrogen) atoms. The number of sulfonamides is 1. The van der Waals surface area contributed by atoms with E-state index >= 15 is 0 Å². The van der Waals surface area contributed by atoms with E-state index in [4.69, 9.17) is 10.6 Å². The second-order valence-corrected chi connectivity index (χ2v) is 12.1. The molecule has 2 aliphatic heterocycles. The maximum absolute atomic E-state index is 13.2. The number of carbonyl (C=O) groups is 3. The first-order valence-electron chi connectivity index (χ1n) is 13.1. The highest BCUT2D eigenvalue weighted by atomic mass is 32.2. The number of nitrogens with zero attached hydrogens (tertiary/aromatic N) is 3. The van der Waals surface area contributed by atoms with E-state index in [1.54, 1.807) is 36.4 Å². The fourth-order valence-corrected chi connectivity index (χ4v) is 6.42. The molecule has 12 nitrogen and oxygen atoms in total. The van der Waals surface area contributed by atoms with E-state index in [2.05, 4.69) is 10.2 Å². The zero-order valence-corrected chi connectivity index (χ0v) is 23.2. The number of nitrogens with two attached hydrogens (primary N) is 1. The number of ether oxygens (including phenoxy) is 1. The van der Waals surface area contributed by atoms with Crippen molar-refractivity contribution in [1.29, 1.82) is 0 Å². The molecule has 0 aliphatic carbocycles. The Morgan fingerprint density at radius 1 is 1.05 bits per heavy atom. The Bertz CT molecular complexity index is 1300. The number of likely N-dealkylation sites (N-methyl/N-ethyl adjacent to an activating group) is 1. The molecule has 1 unspecified atom stereocenters. The van der Waals surface area contributed by atoms with Gasteiger partial charge in [0, 0.05) is 58.7 Å². The summed E-state index contributed by atoms with van der Waals surface area (Å²) in [7, 11) is -1.59. The molecule has 13 heteroatoms. The van der Waals surface area contributed by atoms with Crippen molar-refractivity contribution in [2.45, 2.75) is 35.7 Å². The van der Waals surface area contributed by atoms with Gasteiger partial charge in [0.2, 0.25) is 10.0 Å². The number of hydrogen-bond acceptors (Lipinski definition) is 8. The molecule has 2 aromatic carbocycles. The lowest BCUT2D eigenvalue weighted by Gasteiger charge is -2.39. The van der Waals surface area contributed by atoms with Crippen molar-refractivity contribution < 1.29 is 32.6 Å². The van der Waals surface area contributed by atoms with Gasteiger partial charge in [0.25, 0.3) is 5.91 Å². The second-order valence-electron chi connectivity index (χ2n) is 10.2. The molecule has 1 atom stereocenters. The first-order chi connectivity index (χ1) is 19.1. The molecule has 0 spiro atoms. The van der Waals surface area contributed by atoms with Gasteiger partial charge in [-0.05, 0) is 35.9 Å². The summed E-state index contributed by atoms with van der Waals surface area (Å²) in [6.07, 6.45) is -0.428. The van der Waals surface area contributed by atoms with E-state index < -0.39 is 33.6 Å². The minimum Gasteiger partial charge on any atom is -0.465 e. The first kappa shape index (κ1) is 29.6.